The van der Waals surface area contributed by atoms with Gasteiger partial charge in [0.1, 0.15) is 5.82 Å². The average Bonchev–Trinajstić information content (AvgIpc) is 3.07. The van der Waals surface area contributed by atoms with Gasteiger partial charge in [-0.15, -0.1) is 0 Å². The number of anilines is 1. The van der Waals surface area contributed by atoms with Crippen LogP contribution < -0.4 is 10.6 Å². The van der Waals surface area contributed by atoms with Crippen molar-refractivity contribution in [3.63, 3.8) is 0 Å². The summed E-state index contributed by atoms with van der Waals surface area (Å²) in [6, 6.07) is 11.5. The van der Waals surface area contributed by atoms with Crippen LogP contribution in [0.15, 0.2) is 42.5 Å². The maximum atomic E-state index is 13.2. The molecule has 0 aliphatic rings. The second kappa shape index (κ2) is 10.3. The fourth-order valence-electron chi connectivity index (χ4n) is 3.96. The highest BCUT2D eigenvalue weighted by Gasteiger charge is 2.19. The van der Waals surface area contributed by atoms with E-state index in [4.69, 9.17) is 4.74 Å². The Morgan fingerprint density at radius 1 is 0.912 bits per heavy atom. The standard InChI is InChI=1S/C26H28FN3O4/c1-15-10-16(2)25(17(3)11-15)29-23(31)13-28-24(32)14-34-26(33)22-12-18(4)30(19(22)5)21-8-6-20(27)7-9-21/h6-12H,13-14H2,1-5H3,(H,28,32)(H,29,31). The molecule has 0 radical (unpaired) electrons. The molecule has 8 heteroatoms. The number of nitrogens with zero attached hydrogens (tertiary/aromatic N) is 1. The number of rotatable bonds is 7. The predicted octanol–water partition coefficient (Wildman–Crippen LogP) is 4.07. The minimum Gasteiger partial charge on any atom is -0.452 e. The van der Waals surface area contributed by atoms with Crippen LogP contribution >= 0.6 is 0 Å². The Bertz CT molecular complexity index is 1220. The van der Waals surface area contributed by atoms with Gasteiger partial charge >= 0.3 is 5.97 Å². The van der Waals surface area contributed by atoms with Crippen LogP contribution in [0.5, 0.6) is 0 Å². The molecular weight excluding hydrogens is 437 g/mol. The lowest BCUT2D eigenvalue weighted by atomic mass is 10.1. The van der Waals surface area contributed by atoms with Gasteiger partial charge in [-0.3, -0.25) is 9.59 Å². The highest BCUT2D eigenvalue weighted by atomic mass is 19.1. The second-order valence-corrected chi connectivity index (χ2v) is 8.27. The molecule has 0 atom stereocenters. The lowest BCUT2D eigenvalue weighted by molar-refractivity contribution is -0.126. The summed E-state index contributed by atoms with van der Waals surface area (Å²) in [5, 5.41) is 5.25. The van der Waals surface area contributed by atoms with Gasteiger partial charge in [0.2, 0.25) is 5.91 Å². The molecule has 2 N–H and O–H groups in total. The molecule has 0 unspecified atom stereocenters. The molecule has 178 valence electrons. The van der Waals surface area contributed by atoms with Crippen molar-refractivity contribution in [2.24, 2.45) is 0 Å². The van der Waals surface area contributed by atoms with E-state index < -0.39 is 18.5 Å². The van der Waals surface area contributed by atoms with Crippen LogP contribution in [0, 0.1) is 40.4 Å². The minimum absolute atomic E-state index is 0.248. The number of nitrogens with one attached hydrogen (secondary N) is 2. The molecule has 3 aromatic rings. The molecule has 34 heavy (non-hydrogen) atoms. The van der Waals surface area contributed by atoms with E-state index >= 15 is 0 Å². The van der Waals surface area contributed by atoms with E-state index in [0.29, 0.717) is 22.6 Å². The van der Waals surface area contributed by atoms with E-state index in [1.807, 2.05) is 39.8 Å². The Hall–Kier alpha value is -3.94. The third-order valence-corrected chi connectivity index (χ3v) is 5.46. The van der Waals surface area contributed by atoms with Crippen molar-refractivity contribution in [3.05, 3.63) is 81.9 Å². The minimum atomic E-state index is -0.660. The quantitative estimate of drug-likeness (QED) is 0.515. The first-order valence-electron chi connectivity index (χ1n) is 10.8. The molecule has 1 heterocycles. The number of amides is 2. The Morgan fingerprint density at radius 2 is 1.53 bits per heavy atom. The number of ether oxygens (including phenoxy) is 1. The van der Waals surface area contributed by atoms with Gasteiger partial charge in [0.05, 0.1) is 12.1 Å². The summed E-state index contributed by atoms with van der Waals surface area (Å²) >= 11 is 0. The van der Waals surface area contributed by atoms with Crippen LogP contribution in [0.4, 0.5) is 10.1 Å². The molecule has 0 fully saturated rings. The van der Waals surface area contributed by atoms with Crippen molar-refractivity contribution in [3.8, 4) is 5.69 Å². The monoisotopic (exact) mass is 465 g/mol. The van der Waals surface area contributed by atoms with Gasteiger partial charge in [0.25, 0.3) is 5.91 Å². The number of esters is 1. The van der Waals surface area contributed by atoms with E-state index in [1.165, 1.54) is 12.1 Å². The number of carbonyl (C=O) groups is 3. The average molecular weight is 466 g/mol. The topological polar surface area (TPSA) is 89.4 Å². The summed E-state index contributed by atoms with van der Waals surface area (Å²) in [6.07, 6.45) is 0. The number of benzene rings is 2. The first-order chi connectivity index (χ1) is 16.1. The van der Waals surface area contributed by atoms with Crippen LogP contribution in [0.1, 0.15) is 38.4 Å². The largest absolute Gasteiger partial charge is 0.452 e. The lowest BCUT2D eigenvalue weighted by Gasteiger charge is -2.13. The van der Waals surface area contributed by atoms with Crippen molar-refractivity contribution >= 4 is 23.5 Å². The zero-order valence-corrected chi connectivity index (χ0v) is 19.9. The molecule has 0 bridgehead atoms. The maximum Gasteiger partial charge on any atom is 0.340 e. The zero-order valence-electron chi connectivity index (χ0n) is 19.9. The molecule has 0 saturated carbocycles. The first kappa shape index (κ1) is 24.7. The lowest BCUT2D eigenvalue weighted by Crippen LogP contribution is -2.35. The van der Waals surface area contributed by atoms with Crippen LogP contribution in [-0.2, 0) is 14.3 Å². The Labute approximate surface area is 197 Å². The molecule has 7 nitrogen and oxygen atoms in total. The number of halogens is 1. The van der Waals surface area contributed by atoms with Crippen LogP contribution in [-0.4, -0.2) is 35.5 Å². The van der Waals surface area contributed by atoms with Crippen molar-refractivity contribution in [2.45, 2.75) is 34.6 Å². The number of aromatic nitrogens is 1. The first-order valence-corrected chi connectivity index (χ1v) is 10.8. The fraction of sp³-hybridized carbons (Fsp3) is 0.269. The molecule has 0 saturated heterocycles. The summed E-state index contributed by atoms with van der Waals surface area (Å²) in [5.74, 6) is -1.98. The molecule has 0 aliphatic heterocycles. The van der Waals surface area contributed by atoms with E-state index in [1.54, 1.807) is 29.7 Å². The summed E-state index contributed by atoms with van der Waals surface area (Å²) in [5.41, 5.74) is 6.07. The van der Waals surface area contributed by atoms with Crippen LogP contribution in [0.3, 0.4) is 0 Å². The fourth-order valence-corrected chi connectivity index (χ4v) is 3.96. The van der Waals surface area contributed by atoms with E-state index in [2.05, 4.69) is 10.6 Å². The summed E-state index contributed by atoms with van der Waals surface area (Å²) in [7, 11) is 0. The normalized spacial score (nSPS) is 10.6. The SMILES string of the molecule is Cc1cc(C)c(NC(=O)CNC(=O)COC(=O)c2cc(C)n(-c3ccc(F)cc3)c2C)c(C)c1. The maximum absolute atomic E-state index is 13.2. The molecule has 2 amide bonds. The Morgan fingerprint density at radius 3 is 2.15 bits per heavy atom. The number of carbonyl (C=O) groups excluding carboxylic acids is 3. The van der Waals surface area contributed by atoms with E-state index in [-0.39, 0.29) is 18.3 Å². The van der Waals surface area contributed by atoms with Crippen molar-refractivity contribution in [2.75, 3.05) is 18.5 Å². The molecular formula is C26H28FN3O4. The van der Waals surface area contributed by atoms with Crippen LogP contribution in [0.25, 0.3) is 5.69 Å². The summed E-state index contributed by atoms with van der Waals surface area (Å²) < 4.78 is 20.2. The molecule has 3 rings (SSSR count). The number of hydrogen-bond acceptors (Lipinski definition) is 4. The van der Waals surface area contributed by atoms with Gasteiger partial charge in [-0.25, -0.2) is 9.18 Å². The summed E-state index contributed by atoms with van der Waals surface area (Å²) in [6.45, 7) is 8.58. The van der Waals surface area contributed by atoms with Crippen molar-refractivity contribution in [1.82, 2.24) is 9.88 Å². The van der Waals surface area contributed by atoms with Crippen molar-refractivity contribution in [1.29, 1.82) is 0 Å². The number of aryl methyl sites for hydroxylation is 4. The van der Waals surface area contributed by atoms with Gasteiger partial charge in [0, 0.05) is 22.8 Å². The number of hydrogen-bond donors (Lipinski definition) is 2. The summed E-state index contributed by atoms with van der Waals surface area (Å²) in [4.78, 5) is 36.9. The molecule has 2 aromatic carbocycles. The highest BCUT2D eigenvalue weighted by Crippen LogP contribution is 2.23. The molecule has 1 aromatic heterocycles. The Kier molecular flexibility index (Phi) is 7.50. The smallest absolute Gasteiger partial charge is 0.340 e. The predicted molar refractivity (Wildman–Crippen MR) is 128 cm³/mol. The third-order valence-electron chi connectivity index (χ3n) is 5.46. The van der Waals surface area contributed by atoms with Gasteiger partial charge < -0.3 is 19.9 Å². The molecule has 0 aliphatic carbocycles. The second-order valence-electron chi connectivity index (χ2n) is 8.27. The third kappa shape index (κ3) is 5.70. The van der Waals surface area contributed by atoms with Gasteiger partial charge in [-0.05, 0) is 76.1 Å². The van der Waals surface area contributed by atoms with Gasteiger partial charge in [-0.1, -0.05) is 17.7 Å². The zero-order chi connectivity index (χ0) is 25.0. The van der Waals surface area contributed by atoms with Gasteiger partial charge in [-0.2, -0.15) is 0 Å². The van der Waals surface area contributed by atoms with E-state index in [9.17, 15) is 18.8 Å². The Balaban J connectivity index is 1.54. The van der Waals surface area contributed by atoms with Gasteiger partial charge in [0.15, 0.2) is 6.61 Å². The highest BCUT2D eigenvalue weighted by molar-refractivity contribution is 5.97. The van der Waals surface area contributed by atoms with E-state index in [0.717, 1.165) is 22.4 Å². The van der Waals surface area contributed by atoms with Crippen molar-refractivity contribution < 1.29 is 23.5 Å². The molecule has 0 spiro atoms. The van der Waals surface area contributed by atoms with Crippen LogP contribution in [0.2, 0.25) is 0 Å².